The molecule has 2 fully saturated rings. The van der Waals surface area contributed by atoms with Gasteiger partial charge >= 0.3 is 0 Å². The number of aliphatic hydroxyl groups is 1. The summed E-state index contributed by atoms with van der Waals surface area (Å²) in [6.45, 7) is 3.39. The summed E-state index contributed by atoms with van der Waals surface area (Å²) in [6.07, 6.45) is 3.92. The minimum atomic E-state index is -0.630. The SMILES string of the molecule is Cl.O=C(c1ccn(C2CCCNC2)n1)N1CCOCC1CC(O)c1ccccc1. The monoisotopic (exact) mass is 420 g/mol. The zero-order chi connectivity index (χ0) is 19.3. The molecule has 3 atom stereocenters. The predicted octanol–water partition coefficient (Wildman–Crippen LogP) is 2.19. The number of halogens is 1. The summed E-state index contributed by atoms with van der Waals surface area (Å²) in [5.74, 6) is -0.0870. The summed E-state index contributed by atoms with van der Waals surface area (Å²) >= 11 is 0. The average molecular weight is 421 g/mol. The first-order chi connectivity index (χ1) is 13.7. The third-order valence-corrected chi connectivity index (χ3v) is 5.64. The molecule has 1 amide bonds. The Morgan fingerprint density at radius 2 is 2.14 bits per heavy atom. The molecule has 7 nitrogen and oxygen atoms in total. The van der Waals surface area contributed by atoms with Crippen LogP contribution in [0.2, 0.25) is 0 Å². The highest BCUT2D eigenvalue weighted by Gasteiger charge is 2.31. The van der Waals surface area contributed by atoms with Crippen LogP contribution in [0.4, 0.5) is 0 Å². The number of amides is 1. The molecule has 158 valence electrons. The van der Waals surface area contributed by atoms with Gasteiger partial charge in [-0.1, -0.05) is 30.3 Å². The summed E-state index contributed by atoms with van der Waals surface area (Å²) in [5.41, 5.74) is 1.32. The summed E-state index contributed by atoms with van der Waals surface area (Å²) in [6, 6.07) is 11.5. The van der Waals surface area contributed by atoms with E-state index in [1.165, 1.54) is 0 Å². The number of nitrogens with one attached hydrogen (secondary N) is 1. The summed E-state index contributed by atoms with van der Waals surface area (Å²) in [7, 11) is 0. The van der Waals surface area contributed by atoms with Crippen molar-refractivity contribution in [2.45, 2.75) is 37.5 Å². The van der Waals surface area contributed by atoms with Crippen LogP contribution >= 0.6 is 12.4 Å². The van der Waals surface area contributed by atoms with Crippen molar-refractivity contribution >= 4 is 18.3 Å². The molecule has 2 saturated heterocycles. The quantitative estimate of drug-likeness (QED) is 0.775. The van der Waals surface area contributed by atoms with Crippen molar-refractivity contribution in [2.24, 2.45) is 0 Å². The summed E-state index contributed by atoms with van der Waals surface area (Å²) in [5, 5.41) is 18.5. The van der Waals surface area contributed by atoms with Crippen LogP contribution in [-0.2, 0) is 4.74 Å². The molecule has 2 N–H and O–H groups in total. The molecular formula is C21H29ClN4O3. The van der Waals surface area contributed by atoms with E-state index in [1.54, 1.807) is 11.0 Å². The van der Waals surface area contributed by atoms with Crippen LogP contribution in [0, 0.1) is 0 Å². The molecule has 0 aliphatic carbocycles. The molecule has 0 bridgehead atoms. The van der Waals surface area contributed by atoms with E-state index in [2.05, 4.69) is 10.4 Å². The van der Waals surface area contributed by atoms with Crippen molar-refractivity contribution in [2.75, 3.05) is 32.8 Å². The second-order valence-electron chi connectivity index (χ2n) is 7.57. The predicted molar refractivity (Wildman–Crippen MR) is 112 cm³/mol. The number of carbonyl (C=O) groups excluding carboxylic acids is 1. The van der Waals surface area contributed by atoms with Gasteiger partial charge in [0.25, 0.3) is 5.91 Å². The van der Waals surface area contributed by atoms with E-state index in [0.29, 0.717) is 37.9 Å². The molecule has 3 unspecified atom stereocenters. The first-order valence-electron chi connectivity index (χ1n) is 10.1. The normalized spacial score (nSPS) is 23.3. The Kier molecular flexibility index (Phi) is 7.66. The van der Waals surface area contributed by atoms with Gasteiger partial charge in [-0.15, -0.1) is 12.4 Å². The maximum atomic E-state index is 13.1. The maximum Gasteiger partial charge on any atom is 0.274 e. The fourth-order valence-corrected chi connectivity index (χ4v) is 4.05. The molecule has 0 saturated carbocycles. The minimum Gasteiger partial charge on any atom is -0.388 e. The zero-order valence-electron chi connectivity index (χ0n) is 16.4. The number of aliphatic hydroxyl groups excluding tert-OH is 1. The molecule has 29 heavy (non-hydrogen) atoms. The van der Waals surface area contributed by atoms with Crippen LogP contribution in [0.25, 0.3) is 0 Å². The van der Waals surface area contributed by atoms with Crippen molar-refractivity contribution < 1.29 is 14.6 Å². The maximum absolute atomic E-state index is 13.1. The lowest BCUT2D eigenvalue weighted by atomic mass is 10.0. The molecular weight excluding hydrogens is 392 g/mol. The number of hydrogen-bond donors (Lipinski definition) is 2. The first kappa shape index (κ1) is 21.8. The molecule has 0 spiro atoms. The largest absolute Gasteiger partial charge is 0.388 e. The standard InChI is InChI=1S/C21H28N4O3.ClH/c26-20(16-5-2-1-3-6-16)13-18-15-28-12-11-24(18)21(27)19-8-10-25(23-19)17-7-4-9-22-14-17;/h1-3,5-6,8,10,17-18,20,22,26H,4,7,9,11-15H2;1H. The Hall–Kier alpha value is -1.93. The summed E-state index contributed by atoms with van der Waals surface area (Å²) in [4.78, 5) is 14.9. The van der Waals surface area contributed by atoms with Crippen molar-refractivity contribution in [3.05, 3.63) is 53.9 Å². The molecule has 2 aromatic rings. The summed E-state index contributed by atoms with van der Waals surface area (Å²) < 4.78 is 7.51. The lowest BCUT2D eigenvalue weighted by Gasteiger charge is -2.36. The van der Waals surface area contributed by atoms with Gasteiger partial charge in [0.2, 0.25) is 0 Å². The van der Waals surface area contributed by atoms with Gasteiger partial charge in [-0.25, -0.2) is 0 Å². The van der Waals surface area contributed by atoms with Crippen molar-refractivity contribution in [1.29, 1.82) is 0 Å². The molecule has 8 heteroatoms. The van der Waals surface area contributed by atoms with Gasteiger partial charge in [0, 0.05) is 25.7 Å². The molecule has 4 rings (SSSR count). The smallest absolute Gasteiger partial charge is 0.274 e. The molecule has 3 heterocycles. The number of nitrogens with zero attached hydrogens (tertiary/aromatic N) is 3. The number of carbonyl (C=O) groups is 1. The van der Waals surface area contributed by atoms with Gasteiger partial charge in [-0.2, -0.15) is 5.10 Å². The number of morpholine rings is 1. The van der Waals surface area contributed by atoms with Crippen LogP contribution in [0.1, 0.15) is 47.5 Å². The zero-order valence-corrected chi connectivity index (χ0v) is 17.3. The number of aromatic nitrogens is 2. The molecule has 2 aliphatic heterocycles. The second-order valence-corrected chi connectivity index (χ2v) is 7.57. The van der Waals surface area contributed by atoms with Gasteiger partial charge in [0.1, 0.15) is 5.69 Å². The van der Waals surface area contributed by atoms with Crippen LogP contribution in [0.3, 0.4) is 0 Å². The number of hydrogen-bond acceptors (Lipinski definition) is 5. The Balaban J connectivity index is 0.00000240. The van der Waals surface area contributed by atoms with Gasteiger partial charge < -0.3 is 20.1 Å². The number of ether oxygens (including phenoxy) is 1. The van der Waals surface area contributed by atoms with Crippen LogP contribution in [0.15, 0.2) is 42.6 Å². The van der Waals surface area contributed by atoms with Gasteiger partial charge in [-0.3, -0.25) is 9.48 Å². The lowest BCUT2D eigenvalue weighted by molar-refractivity contribution is -0.0177. The van der Waals surface area contributed by atoms with E-state index >= 15 is 0 Å². The van der Waals surface area contributed by atoms with E-state index in [0.717, 1.165) is 31.5 Å². The van der Waals surface area contributed by atoms with Crippen LogP contribution < -0.4 is 5.32 Å². The highest BCUT2D eigenvalue weighted by Crippen LogP contribution is 2.24. The number of rotatable bonds is 5. The van der Waals surface area contributed by atoms with Crippen molar-refractivity contribution in [3.8, 4) is 0 Å². The Labute approximate surface area is 177 Å². The Morgan fingerprint density at radius 3 is 2.90 bits per heavy atom. The van der Waals surface area contributed by atoms with E-state index in [4.69, 9.17) is 4.74 Å². The highest BCUT2D eigenvalue weighted by atomic mass is 35.5. The van der Waals surface area contributed by atoms with Crippen LogP contribution in [0.5, 0.6) is 0 Å². The molecule has 1 aromatic carbocycles. The van der Waals surface area contributed by atoms with E-state index in [-0.39, 0.29) is 24.4 Å². The topological polar surface area (TPSA) is 79.6 Å². The van der Waals surface area contributed by atoms with Crippen molar-refractivity contribution in [1.82, 2.24) is 20.0 Å². The third kappa shape index (κ3) is 5.17. The Bertz CT molecular complexity index is 779. The minimum absolute atomic E-state index is 0. The number of piperidine rings is 1. The van der Waals surface area contributed by atoms with E-state index < -0.39 is 6.10 Å². The second kappa shape index (κ2) is 10.2. The first-order valence-corrected chi connectivity index (χ1v) is 10.1. The van der Waals surface area contributed by atoms with Gasteiger partial charge in [0.15, 0.2) is 0 Å². The number of benzene rings is 1. The fraction of sp³-hybridized carbons (Fsp3) is 0.524. The van der Waals surface area contributed by atoms with E-state index in [9.17, 15) is 9.90 Å². The van der Waals surface area contributed by atoms with Gasteiger partial charge in [0.05, 0.1) is 31.4 Å². The lowest BCUT2D eigenvalue weighted by Crippen LogP contribution is -2.49. The fourth-order valence-electron chi connectivity index (χ4n) is 4.05. The van der Waals surface area contributed by atoms with Crippen molar-refractivity contribution in [3.63, 3.8) is 0 Å². The Morgan fingerprint density at radius 1 is 1.31 bits per heavy atom. The van der Waals surface area contributed by atoms with Gasteiger partial charge in [-0.05, 0) is 31.0 Å². The molecule has 0 radical (unpaired) electrons. The molecule has 1 aromatic heterocycles. The molecule has 2 aliphatic rings. The van der Waals surface area contributed by atoms with Crippen LogP contribution in [-0.4, -0.2) is 64.6 Å². The van der Waals surface area contributed by atoms with E-state index in [1.807, 2.05) is 41.2 Å². The third-order valence-electron chi connectivity index (χ3n) is 5.64. The average Bonchev–Trinajstić information content (AvgIpc) is 3.25. The highest BCUT2D eigenvalue weighted by molar-refractivity contribution is 5.92.